The van der Waals surface area contributed by atoms with Gasteiger partial charge in [0.1, 0.15) is 6.04 Å². The van der Waals surface area contributed by atoms with Crippen LogP contribution in [0.15, 0.2) is 54.6 Å². The molecule has 0 unspecified atom stereocenters. The number of amides is 1. The number of carbonyl (C=O) groups is 2. The van der Waals surface area contributed by atoms with Crippen molar-refractivity contribution in [2.45, 2.75) is 37.8 Å². The molecule has 4 rings (SSSR count). The fourth-order valence-corrected chi connectivity index (χ4v) is 4.07. The first kappa shape index (κ1) is 19.2. The number of nitrogens with zero attached hydrogens (tertiary/aromatic N) is 1. The highest BCUT2D eigenvalue weighted by molar-refractivity contribution is 6.30. The van der Waals surface area contributed by atoms with Crippen LogP contribution in [0.3, 0.4) is 0 Å². The molecule has 5 heteroatoms. The summed E-state index contributed by atoms with van der Waals surface area (Å²) in [6, 6.07) is 17.1. The van der Waals surface area contributed by atoms with Gasteiger partial charge in [-0.2, -0.15) is 0 Å². The third kappa shape index (κ3) is 4.45. The molecule has 4 nitrogen and oxygen atoms in total. The van der Waals surface area contributed by atoms with Crippen molar-refractivity contribution < 1.29 is 9.59 Å². The minimum atomic E-state index is -0.284. The van der Waals surface area contributed by atoms with E-state index in [1.807, 2.05) is 30.3 Å². The molecular formula is C23H25ClN2O2. The summed E-state index contributed by atoms with van der Waals surface area (Å²) in [5.74, 6) is 0.256. The number of hydrogen-bond donors (Lipinski definition) is 1. The van der Waals surface area contributed by atoms with Gasteiger partial charge in [-0.3, -0.25) is 14.5 Å². The zero-order chi connectivity index (χ0) is 19.5. The van der Waals surface area contributed by atoms with E-state index in [4.69, 9.17) is 11.6 Å². The fourth-order valence-electron chi connectivity index (χ4n) is 3.94. The number of Topliss-reactive ketones (excluding diaryl/α,β-unsaturated/α-hetero) is 1. The summed E-state index contributed by atoms with van der Waals surface area (Å²) in [5, 5.41) is 3.79. The molecule has 146 valence electrons. The van der Waals surface area contributed by atoms with Gasteiger partial charge in [-0.1, -0.05) is 41.9 Å². The Bertz CT molecular complexity index is 825. The van der Waals surface area contributed by atoms with Crippen molar-refractivity contribution in [2.24, 2.45) is 5.92 Å². The molecule has 0 aromatic heterocycles. The van der Waals surface area contributed by atoms with Crippen LogP contribution in [0.25, 0.3) is 0 Å². The summed E-state index contributed by atoms with van der Waals surface area (Å²) in [7, 11) is 0. The number of halogens is 1. The van der Waals surface area contributed by atoms with Crippen LogP contribution in [0.4, 0.5) is 0 Å². The van der Waals surface area contributed by atoms with Crippen LogP contribution in [0.2, 0.25) is 5.02 Å². The van der Waals surface area contributed by atoms with Crippen LogP contribution < -0.4 is 5.32 Å². The number of nitrogens with one attached hydrogen (secondary N) is 1. The first-order valence-electron chi connectivity index (χ1n) is 10.0. The van der Waals surface area contributed by atoms with E-state index in [1.165, 1.54) is 0 Å². The zero-order valence-electron chi connectivity index (χ0n) is 15.8. The molecule has 1 aliphatic carbocycles. The van der Waals surface area contributed by atoms with E-state index >= 15 is 0 Å². The molecule has 1 atom stereocenters. The standard InChI is InChI=1S/C23H25ClN2O2/c24-19-8-6-17(7-9-19)22(27)18-12-14-26(15-13-18)21(16-4-2-1-3-5-16)23(28)25-20-10-11-20/h1-9,18,20-21H,10-15H2,(H,25,28)/t21-/m1/s1. The van der Waals surface area contributed by atoms with Crippen molar-refractivity contribution in [2.75, 3.05) is 13.1 Å². The van der Waals surface area contributed by atoms with Crippen molar-refractivity contribution >= 4 is 23.3 Å². The van der Waals surface area contributed by atoms with E-state index in [0.29, 0.717) is 16.6 Å². The topological polar surface area (TPSA) is 49.4 Å². The second-order valence-corrected chi connectivity index (χ2v) is 8.21. The van der Waals surface area contributed by atoms with Crippen LogP contribution in [0.5, 0.6) is 0 Å². The fraction of sp³-hybridized carbons (Fsp3) is 0.391. The van der Waals surface area contributed by atoms with Gasteiger partial charge in [-0.25, -0.2) is 0 Å². The summed E-state index contributed by atoms with van der Waals surface area (Å²) in [6.07, 6.45) is 3.68. The predicted molar refractivity (Wildman–Crippen MR) is 110 cm³/mol. The molecule has 1 saturated carbocycles. The van der Waals surface area contributed by atoms with Gasteiger partial charge in [0, 0.05) is 22.5 Å². The highest BCUT2D eigenvalue weighted by Gasteiger charge is 2.35. The lowest BCUT2D eigenvalue weighted by molar-refractivity contribution is -0.127. The number of benzene rings is 2. The summed E-state index contributed by atoms with van der Waals surface area (Å²) in [6.45, 7) is 1.48. The van der Waals surface area contributed by atoms with Crippen LogP contribution in [0, 0.1) is 5.92 Å². The maximum Gasteiger partial charge on any atom is 0.242 e. The molecule has 0 bridgehead atoms. The lowest BCUT2D eigenvalue weighted by Gasteiger charge is -2.36. The Morgan fingerprint density at radius 1 is 0.929 bits per heavy atom. The third-order valence-corrected chi connectivity index (χ3v) is 5.93. The van der Waals surface area contributed by atoms with Gasteiger partial charge >= 0.3 is 0 Å². The van der Waals surface area contributed by atoms with E-state index < -0.39 is 0 Å². The number of hydrogen-bond acceptors (Lipinski definition) is 3. The van der Waals surface area contributed by atoms with Crippen molar-refractivity contribution in [1.29, 1.82) is 0 Å². The summed E-state index contributed by atoms with van der Waals surface area (Å²) >= 11 is 5.93. The third-order valence-electron chi connectivity index (χ3n) is 5.68. The van der Waals surface area contributed by atoms with E-state index in [9.17, 15) is 9.59 Å². The lowest BCUT2D eigenvalue weighted by Crippen LogP contribution is -2.45. The molecule has 2 fully saturated rings. The molecule has 1 aliphatic heterocycles. The van der Waals surface area contributed by atoms with Gasteiger partial charge in [-0.15, -0.1) is 0 Å². The lowest BCUT2D eigenvalue weighted by atomic mass is 9.87. The Hall–Kier alpha value is -2.17. The molecule has 28 heavy (non-hydrogen) atoms. The average molecular weight is 397 g/mol. The average Bonchev–Trinajstić information content (AvgIpc) is 3.53. The summed E-state index contributed by atoms with van der Waals surface area (Å²) < 4.78 is 0. The van der Waals surface area contributed by atoms with Gasteiger partial charge in [-0.05, 0) is 68.6 Å². The smallest absolute Gasteiger partial charge is 0.242 e. The zero-order valence-corrected chi connectivity index (χ0v) is 16.6. The highest BCUT2D eigenvalue weighted by atomic mass is 35.5. The normalized spacial score (nSPS) is 19.2. The molecule has 0 radical (unpaired) electrons. The summed E-state index contributed by atoms with van der Waals surface area (Å²) in [4.78, 5) is 28.0. The number of piperidine rings is 1. The van der Waals surface area contributed by atoms with Gasteiger partial charge in [0.05, 0.1) is 0 Å². The molecule has 2 aromatic carbocycles. The van der Waals surface area contributed by atoms with Crippen LogP contribution in [-0.2, 0) is 4.79 Å². The molecule has 2 aliphatic rings. The highest BCUT2D eigenvalue weighted by Crippen LogP contribution is 2.30. The van der Waals surface area contributed by atoms with Gasteiger partial charge < -0.3 is 5.32 Å². The monoisotopic (exact) mass is 396 g/mol. The summed E-state index contributed by atoms with van der Waals surface area (Å²) in [5.41, 5.74) is 1.73. The SMILES string of the molecule is O=C(c1ccc(Cl)cc1)C1CCN([C@@H](C(=O)NC2CC2)c2ccccc2)CC1. The molecule has 1 heterocycles. The molecule has 0 spiro atoms. The van der Waals surface area contributed by atoms with E-state index in [-0.39, 0.29) is 23.7 Å². The second kappa shape index (κ2) is 8.46. The van der Waals surface area contributed by atoms with Crippen LogP contribution in [0.1, 0.15) is 47.6 Å². The number of ketones is 1. The largest absolute Gasteiger partial charge is 0.352 e. The van der Waals surface area contributed by atoms with Crippen LogP contribution >= 0.6 is 11.6 Å². The van der Waals surface area contributed by atoms with Crippen LogP contribution in [-0.4, -0.2) is 35.7 Å². The second-order valence-electron chi connectivity index (χ2n) is 7.78. The van der Waals surface area contributed by atoms with Crippen molar-refractivity contribution in [3.8, 4) is 0 Å². The van der Waals surface area contributed by atoms with E-state index in [0.717, 1.165) is 44.3 Å². The van der Waals surface area contributed by atoms with Gasteiger partial charge in [0.15, 0.2) is 5.78 Å². The number of likely N-dealkylation sites (tertiary alicyclic amines) is 1. The molecule has 1 N–H and O–H groups in total. The first-order chi connectivity index (χ1) is 13.6. The Morgan fingerprint density at radius 2 is 1.57 bits per heavy atom. The maximum atomic E-state index is 12.9. The Labute approximate surface area is 170 Å². The minimum absolute atomic E-state index is 0.000317. The van der Waals surface area contributed by atoms with E-state index in [1.54, 1.807) is 24.3 Å². The minimum Gasteiger partial charge on any atom is -0.352 e. The number of carbonyl (C=O) groups excluding carboxylic acids is 2. The van der Waals surface area contributed by atoms with Crippen molar-refractivity contribution in [3.05, 3.63) is 70.7 Å². The van der Waals surface area contributed by atoms with Gasteiger partial charge in [0.2, 0.25) is 5.91 Å². The predicted octanol–water partition coefficient (Wildman–Crippen LogP) is 4.25. The van der Waals surface area contributed by atoms with Crippen molar-refractivity contribution in [3.63, 3.8) is 0 Å². The van der Waals surface area contributed by atoms with Crippen molar-refractivity contribution in [1.82, 2.24) is 10.2 Å². The number of rotatable bonds is 6. The molecule has 2 aromatic rings. The Balaban J connectivity index is 1.44. The molecule has 1 amide bonds. The molecule has 1 saturated heterocycles. The first-order valence-corrected chi connectivity index (χ1v) is 10.4. The Morgan fingerprint density at radius 3 is 2.18 bits per heavy atom. The van der Waals surface area contributed by atoms with Gasteiger partial charge in [0.25, 0.3) is 0 Å². The Kier molecular flexibility index (Phi) is 5.79. The molecular weight excluding hydrogens is 372 g/mol. The van der Waals surface area contributed by atoms with E-state index in [2.05, 4.69) is 10.2 Å². The quantitative estimate of drug-likeness (QED) is 0.742. The maximum absolute atomic E-state index is 12.9.